The normalized spacial score (nSPS) is 19.1. The number of hydrogen-bond donors (Lipinski definition) is 1. The second-order valence-corrected chi connectivity index (χ2v) is 5.72. The van der Waals surface area contributed by atoms with Crippen molar-refractivity contribution in [3.8, 4) is 0 Å². The predicted octanol–water partition coefficient (Wildman–Crippen LogP) is 2.78. The Kier molecular flexibility index (Phi) is 5.37. The lowest BCUT2D eigenvalue weighted by Crippen LogP contribution is -2.44. The van der Waals surface area contributed by atoms with Crippen LogP contribution in [0, 0.1) is 6.92 Å². The molecule has 1 aliphatic rings. The Morgan fingerprint density at radius 2 is 2.00 bits per heavy atom. The minimum atomic E-state index is -0.874. The van der Waals surface area contributed by atoms with E-state index in [9.17, 15) is 14.7 Å². The summed E-state index contributed by atoms with van der Waals surface area (Å²) in [5.74, 6) is -0.909. The summed E-state index contributed by atoms with van der Waals surface area (Å²) in [5.41, 5.74) is 2.34. The maximum absolute atomic E-state index is 12.4. The first-order valence-corrected chi connectivity index (χ1v) is 7.66. The molecule has 0 saturated carbocycles. The van der Waals surface area contributed by atoms with E-state index in [1.165, 1.54) is 5.56 Å². The summed E-state index contributed by atoms with van der Waals surface area (Å²) in [5, 5.41) is 9.32. The number of likely N-dealkylation sites (tertiary alicyclic amines) is 1. The van der Waals surface area contributed by atoms with E-state index in [0.29, 0.717) is 25.8 Å². The van der Waals surface area contributed by atoms with Crippen molar-refractivity contribution in [3.05, 3.63) is 35.4 Å². The van der Waals surface area contributed by atoms with Gasteiger partial charge in [-0.1, -0.05) is 37.1 Å². The van der Waals surface area contributed by atoms with E-state index in [1.54, 1.807) is 4.90 Å². The molecule has 1 amide bonds. The molecule has 1 heterocycles. The summed E-state index contributed by atoms with van der Waals surface area (Å²) < 4.78 is 0. The summed E-state index contributed by atoms with van der Waals surface area (Å²) in [6.45, 7) is 2.61. The first-order chi connectivity index (χ1) is 10.1. The molecule has 0 spiro atoms. The van der Waals surface area contributed by atoms with E-state index in [2.05, 4.69) is 0 Å². The second-order valence-electron chi connectivity index (χ2n) is 5.72. The van der Waals surface area contributed by atoms with E-state index in [4.69, 9.17) is 0 Å². The van der Waals surface area contributed by atoms with Crippen LogP contribution in [0.4, 0.5) is 0 Å². The van der Waals surface area contributed by atoms with Gasteiger partial charge in [0.2, 0.25) is 5.91 Å². The summed E-state index contributed by atoms with van der Waals surface area (Å²) in [6, 6.07) is 7.37. The van der Waals surface area contributed by atoms with Crippen LogP contribution in [0.25, 0.3) is 0 Å². The van der Waals surface area contributed by atoms with Crippen LogP contribution in [0.3, 0.4) is 0 Å². The van der Waals surface area contributed by atoms with Gasteiger partial charge in [0.15, 0.2) is 0 Å². The predicted molar refractivity (Wildman–Crippen MR) is 81.1 cm³/mol. The van der Waals surface area contributed by atoms with Crippen LogP contribution in [0.15, 0.2) is 24.3 Å². The van der Waals surface area contributed by atoms with Gasteiger partial charge in [0, 0.05) is 13.0 Å². The molecular formula is C17H23NO3. The number of carboxylic acids is 1. The largest absolute Gasteiger partial charge is 0.480 e. The number of carboxylic acid groups (broad SMARTS) is 1. The molecule has 4 heteroatoms. The van der Waals surface area contributed by atoms with Crippen molar-refractivity contribution in [3.63, 3.8) is 0 Å². The van der Waals surface area contributed by atoms with E-state index in [1.807, 2.05) is 31.2 Å². The summed E-state index contributed by atoms with van der Waals surface area (Å²) in [7, 11) is 0. The summed E-state index contributed by atoms with van der Waals surface area (Å²) >= 11 is 0. The zero-order valence-corrected chi connectivity index (χ0v) is 12.5. The van der Waals surface area contributed by atoms with E-state index in [0.717, 1.165) is 24.8 Å². The highest BCUT2D eigenvalue weighted by atomic mass is 16.4. The third-order valence-corrected chi connectivity index (χ3v) is 4.23. The van der Waals surface area contributed by atoms with E-state index >= 15 is 0 Å². The number of rotatable bonds is 4. The Bertz CT molecular complexity index is 513. The van der Waals surface area contributed by atoms with Crippen LogP contribution in [0.2, 0.25) is 0 Å². The number of benzene rings is 1. The van der Waals surface area contributed by atoms with Gasteiger partial charge in [0.25, 0.3) is 0 Å². The van der Waals surface area contributed by atoms with Gasteiger partial charge in [-0.3, -0.25) is 4.79 Å². The monoisotopic (exact) mass is 289 g/mol. The fourth-order valence-corrected chi connectivity index (χ4v) is 2.94. The number of nitrogens with zero attached hydrogens (tertiary/aromatic N) is 1. The molecule has 0 aromatic heterocycles. The molecule has 114 valence electrons. The SMILES string of the molecule is Cc1ccccc1CCC(=O)N1CCCCCC1C(=O)O. The maximum Gasteiger partial charge on any atom is 0.326 e. The average Bonchev–Trinajstić information content (AvgIpc) is 2.72. The fraction of sp³-hybridized carbons (Fsp3) is 0.529. The Balaban J connectivity index is 2.00. The molecule has 1 saturated heterocycles. The Hall–Kier alpha value is -1.84. The highest BCUT2D eigenvalue weighted by Gasteiger charge is 2.30. The van der Waals surface area contributed by atoms with Crippen LogP contribution >= 0.6 is 0 Å². The highest BCUT2D eigenvalue weighted by molar-refractivity contribution is 5.83. The zero-order chi connectivity index (χ0) is 15.2. The number of aryl methyl sites for hydroxylation is 2. The molecule has 1 aromatic carbocycles. The molecule has 0 aliphatic carbocycles. The molecule has 4 nitrogen and oxygen atoms in total. The van der Waals surface area contributed by atoms with Crippen LogP contribution in [-0.4, -0.2) is 34.5 Å². The van der Waals surface area contributed by atoms with Crippen molar-refractivity contribution in [1.29, 1.82) is 0 Å². The number of amides is 1. The van der Waals surface area contributed by atoms with Crippen LogP contribution < -0.4 is 0 Å². The standard InChI is InChI=1S/C17H23NO3/c1-13-7-4-5-8-14(13)10-11-16(19)18-12-6-2-3-9-15(18)17(20)21/h4-5,7-8,15H,2-3,6,9-12H2,1H3,(H,20,21). The minimum absolute atomic E-state index is 0.0347. The van der Waals surface area contributed by atoms with Crippen molar-refractivity contribution < 1.29 is 14.7 Å². The lowest BCUT2D eigenvalue weighted by atomic mass is 10.0. The minimum Gasteiger partial charge on any atom is -0.480 e. The molecule has 1 N–H and O–H groups in total. The Labute approximate surface area is 125 Å². The summed E-state index contributed by atoms with van der Waals surface area (Å²) in [6.07, 6.45) is 4.43. The molecule has 1 fully saturated rings. The van der Waals surface area contributed by atoms with Crippen molar-refractivity contribution >= 4 is 11.9 Å². The van der Waals surface area contributed by atoms with Gasteiger partial charge in [0.05, 0.1) is 0 Å². The van der Waals surface area contributed by atoms with Crippen molar-refractivity contribution in [1.82, 2.24) is 4.90 Å². The van der Waals surface area contributed by atoms with Gasteiger partial charge in [-0.2, -0.15) is 0 Å². The number of carbonyl (C=O) groups excluding carboxylic acids is 1. The molecule has 1 aromatic rings. The Morgan fingerprint density at radius 1 is 1.24 bits per heavy atom. The van der Waals surface area contributed by atoms with Crippen LogP contribution in [0.1, 0.15) is 43.2 Å². The lowest BCUT2D eigenvalue weighted by molar-refractivity contribution is -0.150. The quantitative estimate of drug-likeness (QED) is 0.927. The van der Waals surface area contributed by atoms with Crippen LogP contribution in [-0.2, 0) is 16.0 Å². The van der Waals surface area contributed by atoms with Gasteiger partial charge in [0.1, 0.15) is 6.04 Å². The molecule has 21 heavy (non-hydrogen) atoms. The molecule has 0 bridgehead atoms. The zero-order valence-electron chi connectivity index (χ0n) is 12.5. The van der Waals surface area contributed by atoms with E-state index in [-0.39, 0.29) is 5.91 Å². The van der Waals surface area contributed by atoms with Gasteiger partial charge < -0.3 is 10.0 Å². The van der Waals surface area contributed by atoms with E-state index < -0.39 is 12.0 Å². The topological polar surface area (TPSA) is 57.6 Å². The van der Waals surface area contributed by atoms with Gasteiger partial charge in [-0.05, 0) is 37.3 Å². The first-order valence-electron chi connectivity index (χ1n) is 7.66. The van der Waals surface area contributed by atoms with Gasteiger partial charge in [-0.25, -0.2) is 4.79 Å². The maximum atomic E-state index is 12.4. The number of hydrogen-bond acceptors (Lipinski definition) is 2. The van der Waals surface area contributed by atoms with Gasteiger partial charge in [-0.15, -0.1) is 0 Å². The molecule has 2 rings (SSSR count). The summed E-state index contributed by atoms with van der Waals surface area (Å²) in [4.78, 5) is 25.3. The number of aliphatic carboxylic acids is 1. The molecule has 1 atom stereocenters. The third-order valence-electron chi connectivity index (χ3n) is 4.23. The Morgan fingerprint density at radius 3 is 2.71 bits per heavy atom. The van der Waals surface area contributed by atoms with Crippen molar-refractivity contribution in [2.75, 3.05) is 6.54 Å². The average molecular weight is 289 g/mol. The molecule has 1 unspecified atom stereocenters. The third kappa shape index (κ3) is 4.06. The van der Waals surface area contributed by atoms with Crippen molar-refractivity contribution in [2.24, 2.45) is 0 Å². The number of carbonyl (C=O) groups is 2. The first kappa shape index (κ1) is 15.5. The lowest BCUT2D eigenvalue weighted by Gasteiger charge is -2.27. The molecule has 0 radical (unpaired) electrons. The fourth-order valence-electron chi connectivity index (χ4n) is 2.94. The van der Waals surface area contributed by atoms with Crippen molar-refractivity contribution in [2.45, 2.75) is 51.5 Å². The van der Waals surface area contributed by atoms with Gasteiger partial charge >= 0.3 is 5.97 Å². The second kappa shape index (κ2) is 7.25. The molecular weight excluding hydrogens is 266 g/mol. The van der Waals surface area contributed by atoms with Crippen LogP contribution in [0.5, 0.6) is 0 Å². The highest BCUT2D eigenvalue weighted by Crippen LogP contribution is 2.19. The smallest absolute Gasteiger partial charge is 0.326 e. The molecule has 1 aliphatic heterocycles.